The number of fused-ring (bicyclic) bond motifs is 1. The average Bonchev–Trinajstić information content (AvgIpc) is 2.63. The van der Waals surface area contributed by atoms with Gasteiger partial charge in [0, 0.05) is 11.1 Å². The second kappa shape index (κ2) is 9.37. The quantitative estimate of drug-likeness (QED) is 0.406. The molecular weight excluding hydrogens is 441 g/mol. The number of hydrogen-bond donors (Lipinski definition) is 1. The van der Waals surface area contributed by atoms with E-state index in [1.165, 1.54) is 12.2 Å². The molecular formula is C20H13F6NaO4. The van der Waals surface area contributed by atoms with Crippen LogP contribution in [0.5, 0.6) is 11.5 Å². The molecule has 11 heteroatoms. The third-order valence-electron chi connectivity index (χ3n) is 3.98. The van der Waals surface area contributed by atoms with Crippen LogP contribution in [0, 0.1) is 0 Å². The molecule has 0 spiro atoms. The maximum atomic E-state index is 13.3. The van der Waals surface area contributed by atoms with Crippen molar-refractivity contribution < 1.29 is 45.7 Å². The normalized spacial score (nSPS) is 16.1. The molecule has 1 heterocycles. The Morgan fingerprint density at radius 2 is 1.68 bits per heavy atom. The van der Waals surface area contributed by atoms with Gasteiger partial charge in [0.1, 0.15) is 11.5 Å². The van der Waals surface area contributed by atoms with Crippen molar-refractivity contribution in [2.75, 3.05) is 0 Å². The van der Waals surface area contributed by atoms with Crippen LogP contribution < -0.4 is 9.47 Å². The van der Waals surface area contributed by atoms with Crippen molar-refractivity contribution in [3.8, 4) is 11.5 Å². The topological polar surface area (TPSA) is 55.8 Å². The minimum absolute atomic E-state index is 0. The fraction of sp³-hybridized carbons (Fsp3) is 0.150. The van der Waals surface area contributed by atoms with E-state index in [2.05, 4.69) is 4.74 Å². The molecule has 4 nitrogen and oxygen atoms in total. The van der Waals surface area contributed by atoms with Crippen molar-refractivity contribution in [2.24, 2.45) is 0 Å². The van der Waals surface area contributed by atoms with Crippen molar-refractivity contribution in [1.82, 2.24) is 0 Å². The molecule has 0 aliphatic carbocycles. The van der Waals surface area contributed by atoms with Gasteiger partial charge >= 0.3 is 48.1 Å². The van der Waals surface area contributed by atoms with Gasteiger partial charge in [0.15, 0.2) is 0 Å². The molecule has 0 saturated heterocycles. The first-order chi connectivity index (χ1) is 13.9. The number of carboxylic acids is 1. The maximum absolute atomic E-state index is 13.3. The molecule has 0 amide bonds. The monoisotopic (exact) mass is 454 g/mol. The number of hydrogen-bond acceptors (Lipinski definition) is 3. The van der Waals surface area contributed by atoms with Crippen molar-refractivity contribution in [3.63, 3.8) is 0 Å². The minimum atomic E-state index is -5.06. The van der Waals surface area contributed by atoms with Crippen molar-refractivity contribution >= 4 is 53.8 Å². The Hall–Kier alpha value is -2.43. The van der Waals surface area contributed by atoms with Crippen LogP contribution in [0.25, 0.3) is 18.2 Å². The van der Waals surface area contributed by atoms with E-state index in [0.717, 1.165) is 12.1 Å². The van der Waals surface area contributed by atoms with E-state index in [4.69, 9.17) is 9.84 Å². The van der Waals surface area contributed by atoms with Gasteiger partial charge in [-0.2, -0.15) is 13.2 Å². The number of aliphatic carboxylic acids is 1. The molecule has 0 saturated carbocycles. The average molecular weight is 454 g/mol. The predicted molar refractivity (Wildman–Crippen MR) is 102 cm³/mol. The summed E-state index contributed by atoms with van der Waals surface area (Å²) in [6, 6.07) is 10.1. The molecule has 0 bridgehead atoms. The van der Waals surface area contributed by atoms with Gasteiger partial charge in [-0.25, -0.2) is 4.79 Å². The van der Waals surface area contributed by atoms with E-state index in [-0.39, 0.29) is 40.7 Å². The van der Waals surface area contributed by atoms with Crippen molar-refractivity contribution in [2.45, 2.75) is 18.6 Å². The van der Waals surface area contributed by atoms with Crippen LogP contribution in [0.15, 0.2) is 48.0 Å². The molecule has 1 aliphatic heterocycles. The van der Waals surface area contributed by atoms with E-state index < -0.39 is 41.7 Å². The van der Waals surface area contributed by atoms with E-state index >= 15 is 0 Å². The molecule has 1 atom stereocenters. The van der Waals surface area contributed by atoms with Crippen LogP contribution >= 0.6 is 0 Å². The Labute approximate surface area is 194 Å². The molecule has 0 fully saturated rings. The number of benzene rings is 2. The Kier molecular flexibility index (Phi) is 7.51. The molecule has 2 aromatic rings. The molecule has 0 radical (unpaired) electrons. The first-order valence-electron chi connectivity index (χ1n) is 8.29. The molecule has 160 valence electrons. The standard InChI is InChI=1S/C20H12F6O4.Na.H/c21-19(22,23)17-15(18(27)28)10-13-9-14(30-20(24,25)26)8-12(16(13)29-17)7-6-11-4-2-1-3-5-11;;/h1-10,17H,(H,27,28);;. The Bertz CT molecular complexity index is 1010. The zero-order valence-corrected chi connectivity index (χ0v) is 14.8. The number of rotatable bonds is 4. The van der Waals surface area contributed by atoms with E-state index in [1.807, 2.05) is 0 Å². The summed E-state index contributed by atoms with van der Waals surface area (Å²) in [6.07, 6.45) is -9.55. The number of carbonyl (C=O) groups is 1. The molecule has 0 aromatic heterocycles. The van der Waals surface area contributed by atoms with Gasteiger partial charge in [0.25, 0.3) is 0 Å². The second-order valence-electron chi connectivity index (χ2n) is 6.17. The zero-order chi connectivity index (χ0) is 22.1. The van der Waals surface area contributed by atoms with Gasteiger partial charge in [-0.3, -0.25) is 0 Å². The molecule has 3 rings (SSSR count). The number of ether oxygens (including phenoxy) is 2. The fourth-order valence-electron chi connectivity index (χ4n) is 2.80. The Balaban J connectivity index is 0.00000341. The summed E-state index contributed by atoms with van der Waals surface area (Å²) in [5, 5.41) is 9.10. The van der Waals surface area contributed by atoms with E-state index in [9.17, 15) is 31.1 Å². The second-order valence-corrected chi connectivity index (χ2v) is 6.17. The van der Waals surface area contributed by atoms with Crippen molar-refractivity contribution in [3.05, 3.63) is 64.7 Å². The summed E-state index contributed by atoms with van der Waals surface area (Å²) in [5.41, 5.74) is -0.969. The molecule has 1 unspecified atom stereocenters. The van der Waals surface area contributed by atoms with Gasteiger partial charge in [-0.1, -0.05) is 42.5 Å². The molecule has 2 aromatic carbocycles. The Morgan fingerprint density at radius 3 is 2.23 bits per heavy atom. The summed E-state index contributed by atoms with van der Waals surface area (Å²) in [6.45, 7) is 0. The third kappa shape index (κ3) is 6.28. The van der Waals surface area contributed by atoms with Gasteiger partial charge in [0.2, 0.25) is 6.10 Å². The number of carboxylic acid groups (broad SMARTS) is 1. The first kappa shape index (κ1) is 24.8. The van der Waals surface area contributed by atoms with Crippen LogP contribution in [-0.2, 0) is 4.79 Å². The van der Waals surface area contributed by atoms with Crippen LogP contribution in [0.3, 0.4) is 0 Å². The van der Waals surface area contributed by atoms with E-state index in [1.54, 1.807) is 30.3 Å². The van der Waals surface area contributed by atoms with E-state index in [0.29, 0.717) is 11.6 Å². The SMILES string of the molecule is O=C(O)C1=Cc2cc(OC(F)(F)F)cc(C=Cc3ccccc3)c2OC1C(F)(F)F.[NaH]. The van der Waals surface area contributed by atoms with Gasteiger partial charge < -0.3 is 14.6 Å². The van der Waals surface area contributed by atoms with Crippen LogP contribution in [0.1, 0.15) is 16.7 Å². The molecule has 1 aliphatic rings. The van der Waals surface area contributed by atoms with Crippen LogP contribution in [0.2, 0.25) is 0 Å². The predicted octanol–water partition coefficient (Wildman–Crippen LogP) is 4.90. The first-order valence-corrected chi connectivity index (χ1v) is 8.29. The van der Waals surface area contributed by atoms with Gasteiger partial charge in [-0.15, -0.1) is 13.2 Å². The van der Waals surface area contributed by atoms with Crippen LogP contribution in [0.4, 0.5) is 26.3 Å². The zero-order valence-electron chi connectivity index (χ0n) is 14.8. The number of alkyl halides is 6. The summed E-state index contributed by atoms with van der Waals surface area (Å²) < 4.78 is 86.7. The summed E-state index contributed by atoms with van der Waals surface area (Å²) in [7, 11) is 0. The van der Waals surface area contributed by atoms with Crippen LogP contribution in [-0.4, -0.2) is 59.3 Å². The summed E-state index contributed by atoms with van der Waals surface area (Å²) >= 11 is 0. The van der Waals surface area contributed by atoms with Crippen molar-refractivity contribution in [1.29, 1.82) is 0 Å². The number of halogens is 6. The van der Waals surface area contributed by atoms with Gasteiger partial charge in [-0.05, 0) is 23.8 Å². The Morgan fingerprint density at radius 1 is 1.03 bits per heavy atom. The molecule has 1 N–H and O–H groups in total. The fourth-order valence-corrected chi connectivity index (χ4v) is 2.80. The molecule has 31 heavy (non-hydrogen) atoms. The summed E-state index contributed by atoms with van der Waals surface area (Å²) in [5.74, 6) is -3.06. The summed E-state index contributed by atoms with van der Waals surface area (Å²) in [4.78, 5) is 11.3. The van der Waals surface area contributed by atoms with Gasteiger partial charge in [0.05, 0.1) is 5.57 Å². The third-order valence-corrected chi connectivity index (χ3v) is 3.98.